The Morgan fingerprint density at radius 3 is 2.56 bits per heavy atom. The zero-order valence-corrected chi connectivity index (χ0v) is 12.4. The van der Waals surface area contributed by atoms with Crippen molar-refractivity contribution in [3.8, 4) is 11.5 Å². The van der Waals surface area contributed by atoms with E-state index in [1.54, 1.807) is 0 Å². The molecule has 0 amide bonds. The molecule has 3 nitrogen and oxygen atoms in total. The average molecular weight is 315 g/mol. The molecular formula is C14H19BrO3. The quantitative estimate of drug-likeness (QED) is 0.927. The summed E-state index contributed by atoms with van der Waals surface area (Å²) in [6.45, 7) is 5.72. The zero-order chi connectivity index (χ0) is 13.1. The number of fused-ring (bicyclic) bond motifs is 1. The highest BCUT2D eigenvalue weighted by molar-refractivity contribution is 9.10. The van der Waals surface area contributed by atoms with Gasteiger partial charge in [-0.15, -0.1) is 0 Å². The molecule has 0 saturated carbocycles. The predicted molar refractivity (Wildman–Crippen MR) is 74.6 cm³/mol. The molecule has 1 aliphatic heterocycles. The first-order chi connectivity index (χ1) is 8.65. The highest BCUT2D eigenvalue weighted by Gasteiger charge is 2.24. The lowest BCUT2D eigenvalue weighted by Gasteiger charge is -2.26. The van der Waals surface area contributed by atoms with E-state index in [1.807, 2.05) is 0 Å². The lowest BCUT2D eigenvalue weighted by Crippen LogP contribution is -2.18. The molecule has 4 heteroatoms. The van der Waals surface area contributed by atoms with Crippen LogP contribution in [0.4, 0.5) is 0 Å². The van der Waals surface area contributed by atoms with E-state index in [1.165, 1.54) is 11.1 Å². The van der Waals surface area contributed by atoms with Crippen molar-refractivity contribution < 1.29 is 14.6 Å². The summed E-state index contributed by atoms with van der Waals surface area (Å²) < 4.78 is 12.4. The third-order valence-electron chi connectivity index (χ3n) is 3.07. The van der Waals surface area contributed by atoms with E-state index in [9.17, 15) is 0 Å². The molecule has 2 rings (SSSR count). The van der Waals surface area contributed by atoms with Crippen molar-refractivity contribution in [3.63, 3.8) is 0 Å². The molecule has 1 heterocycles. The molecule has 0 aliphatic carbocycles. The Labute approximate surface area is 116 Å². The summed E-state index contributed by atoms with van der Waals surface area (Å²) in [6, 6.07) is 2.10. The van der Waals surface area contributed by atoms with Crippen LogP contribution in [0.2, 0.25) is 0 Å². The van der Waals surface area contributed by atoms with Gasteiger partial charge in [0, 0.05) is 12.2 Å². The molecule has 1 aromatic carbocycles. The highest BCUT2D eigenvalue weighted by atomic mass is 79.9. The fourth-order valence-electron chi connectivity index (χ4n) is 2.35. The summed E-state index contributed by atoms with van der Waals surface area (Å²) in [5.74, 6) is 2.07. The van der Waals surface area contributed by atoms with Crippen LogP contribution in [0, 0.1) is 0 Å². The largest absolute Gasteiger partial charge is 0.486 e. The Kier molecular flexibility index (Phi) is 4.51. The van der Waals surface area contributed by atoms with Crippen LogP contribution in [-0.2, 0) is 6.42 Å². The average Bonchev–Trinajstić information content (AvgIpc) is 2.36. The molecule has 18 heavy (non-hydrogen) atoms. The minimum Gasteiger partial charge on any atom is -0.486 e. The lowest BCUT2D eigenvalue weighted by molar-refractivity contribution is 0.168. The Balaban J connectivity index is 2.49. The fraction of sp³-hybridized carbons (Fsp3) is 0.571. The van der Waals surface area contributed by atoms with Gasteiger partial charge in [-0.25, -0.2) is 0 Å². The van der Waals surface area contributed by atoms with Gasteiger partial charge in [-0.1, -0.05) is 13.8 Å². The molecule has 0 fully saturated rings. The van der Waals surface area contributed by atoms with Gasteiger partial charge in [0.2, 0.25) is 0 Å². The minimum atomic E-state index is 0.212. The van der Waals surface area contributed by atoms with Crippen LogP contribution >= 0.6 is 15.9 Å². The van der Waals surface area contributed by atoms with E-state index < -0.39 is 0 Å². The number of ether oxygens (including phenoxy) is 2. The van der Waals surface area contributed by atoms with Crippen LogP contribution in [0.3, 0.4) is 0 Å². The standard InChI is InChI=1S/C14H19BrO3/c1-9(2)12-10(4-3-5-16)8-11(15)13-14(12)18-7-6-17-13/h8-9,16H,3-7H2,1-2H3. The number of halogens is 1. The predicted octanol–water partition coefficient (Wildman–Crippen LogP) is 3.27. The molecule has 0 unspecified atom stereocenters. The summed E-state index contributed by atoms with van der Waals surface area (Å²) >= 11 is 3.54. The molecule has 1 N–H and O–H groups in total. The van der Waals surface area contributed by atoms with Gasteiger partial charge in [0.15, 0.2) is 11.5 Å². The zero-order valence-electron chi connectivity index (χ0n) is 10.8. The van der Waals surface area contributed by atoms with Gasteiger partial charge in [0.25, 0.3) is 0 Å². The number of hydrogen-bond donors (Lipinski definition) is 1. The SMILES string of the molecule is CC(C)c1c(CCCO)cc(Br)c2c1OCCO2. The van der Waals surface area contributed by atoms with Gasteiger partial charge in [-0.05, 0) is 46.3 Å². The van der Waals surface area contributed by atoms with Crippen molar-refractivity contribution >= 4 is 15.9 Å². The number of aliphatic hydroxyl groups is 1. The lowest BCUT2D eigenvalue weighted by atomic mass is 9.93. The molecule has 0 spiro atoms. The van der Waals surface area contributed by atoms with E-state index in [0.717, 1.165) is 28.8 Å². The van der Waals surface area contributed by atoms with Crippen LogP contribution < -0.4 is 9.47 Å². The Morgan fingerprint density at radius 1 is 1.28 bits per heavy atom. The summed E-state index contributed by atoms with van der Waals surface area (Å²) in [5, 5.41) is 9.00. The minimum absolute atomic E-state index is 0.212. The smallest absolute Gasteiger partial charge is 0.175 e. The summed E-state index contributed by atoms with van der Waals surface area (Å²) in [7, 11) is 0. The van der Waals surface area contributed by atoms with Crippen molar-refractivity contribution in [2.75, 3.05) is 19.8 Å². The van der Waals surface area contributed by atoms with Gasteiger partial charge in [0.05, 0.1) is 4.47 Å². The van der Waals surface area contributed by atoms with E-state index >= 15 is 0 Å². The molecule has 0 bridgehead atoms. The number of benzene rings is 1. The van der Waals surface area contributed by atoms with E-state index in [-0.39, 0.29) is 6.61 Å². The van der Waals surface area contributed by atoms with E-state index in [2.05, 4.69) is 35.8 Å². The van der Waals surface area contributed by atoms with Crippen LogP contribution in [0.1, 0.15) is 37.3 Å². The van der Waals surface area contributed by atoms with Crippen molar-refractivity contribution in [2.24, 2.45) is 0 Å². The molecule has 0 aromatic heterocycles. The van der Waals surface area contributed by atoms with Crippen molar-refractivity contribution in [1.29, 1.82) is 0 Å². The maximum Gasteiger partial charge on any atom is 0.175 e. The molecule has 0 radical (unpaired) electrons. The van der Waals surface area contributed by atoms with Crippen molar-refractivity contribution in [2.45, 2.75) is 32.6 Å². The second-order valence-corrected chi connectivity index (χ2v) is 5.62. The monoisotopic (exact) mass is 314 g/mol. The Hall–Kier alpha value is -0.740. The fourth-order valence-corrected chi connectivity index (χ4v) is 2.92. The number of hydrogen-bond acceptors (Lipinski definition) is 3. The maximum atomic E-state index is 9.00. The maximum absolute atomic E-state index is 9.00. The third-order valence-corrected chi connectivity index (χ3v) is 3.66. The Bertz CT molecular complexity index is 430. The molecule has 1 aromatic rings. The normalized spacial score (nSPS) is 14.1. The molecule has 1 aliphatic rings. The molecule has 0 atom stereocenters. The van der Waals surface area contributed by atoms with Gasteiger partial charge in [-0.2, -0.15) is 0 Å². The number of rotatable bonds is 4. The van der Waals surface area contributed by atoms with Gasteiger partial charge >= 0.3 is 0 Å². The van der Waals surface area contributed by atoms with Crippen LogP contribution in [-0.4, -0.2) is 24.9 Å². The summed E-state index contributed by atoms with van der Waals surface area (Å²) in [6.07, 6.45) is 1.63. The van der Waals surface area contributed by atoms with Crippen LogP contribution in [0.15, 0.2) is 10.5 Å². The van der Waals surface area contributed by atoms with E-state index in [0.29, 0.717) is 19.1 Å². The molecule has 100 valence electrons. The topological polar surface area (TPSA) is 38.7 Å². The first kappa shape index (κ1) is 13.7. The van der Waals surface area contributed by atoms with Gasteiger partial charge in [0.1, 0.15) is 13.2 Å². The third kappa shape index (κ3) is 2.64. The number of aryl methyl sites for hydroxylation is 1. The highest BCUT2D eigenvalue weighted by Crippen LogP contribution is 2.45. The summed E-state index contributed by atoms with van der Waals surface area (Å²) in [5.41, 5.74) is 2.44. The molecular weight excluding hydrogens is 296 g/mol. The second kappa shape index (κ2) is 5.93. The van der Waals surface area contributed by atoms with Gasteiger partial charge < -0.3 is 14.6 Å². The van der Waals surface area contributed by atoms with Crippen LogP contribution in [0.5, 0.6) is 11.5 Å². The number of aliphatic hydroxyl groups excluding tert-OH is 1. The van der Waals surface area contributed by atoms with Crippen LogP contribution in [0.25, 0.3) is 0 Å². The van der Waals surface area contributed by atoms with Crippen molar-refractivity contribution in [3.05, 3.63) is 21.7 Å². The first-order valence-corrected chi connectivity index (χ1v) is 7.16. The second-order valence-electron chi connectivity index (χ2n) is 4.77. The Morgan fingerprint density at radius 2 is 1.94 bits per heavy atom. The van der Waals surface area contributed by atoms with Gasteiger partial charge in [-0.3, -0.25) is 0 Å². The summed E-state index contributed by atoms with van der Waals surface area (Å²) in [4.78, 5) is 0. The first-order valence-electron chi connectivity index (χ1n) is 6.37. The van der Waals surface area contributed by atoms with Crippen molar-refractivity contribution in [1.82, 2.24) is 0 Å². The van der Waals surface area contributed by atoms with E-state index in [4.69, 9.17) is 14.6 Å². The molecule has 0 saturated heterocycles.